The molecular formula is C57H77FN4O11. The number of allylic oxidation sites excluding steroid dienone is 1. The van der Waals surface area contributed by atoms with E-state index in [-0.39, 0.29) is 63.5 Å². The van der Waals surface area contributed by atoms with Gasteiger partial charge in [0.1, 0.15) is 30.0 Å². The van der Waals surface area contributed by atoms with E-state index in [1.54, 1.807) is 54.3 Å². The summed E-state index contributed by atoms with van der Waals surface area (Å²) in [7, 11) is 0. The summed E-state index contributed by atoms with van der Waals surface area (Å²) in [4.78, 5) is 46.7. The highest BCUT2D eigenvalue weighted by Crippen LogP contribution is 2.62. The first-order valence-electron chi connectivity index (χ1n) is 26.6. The lowest BCUT2D eigenvalue weighted by atomic mass is 9.55. The summed E-state index contributed by atoms with van der Waals surface area (Å²) in [6.45, 7) is 8.64. The molecule has 3 aromatic rings. The molecule has 2 amide bonds. The highest BCUT2D eigenvalue weighted by Gasteiger charge is 2.65. The van der Waals surface area contributed by atoms with E-state index >= 15 is 4.79 Å². The van der Waals surface area contributed by atoms with Crippen molar-refractivity contribution >= 4 is 23.6 Å². The fourth-order valence-electron chi connectivity index (χ4n) is 10.8. The zero-order valence-electron chi connectivity index (χ0n) is 42.9. The number of nitrogens with zero attached hydrogens (tertiary/aromatic N) is 3. The summed E-state index contributed by atoms with van der Waals surface area (Å²) in [6.07, 6.45) is 17.8. The van der Waals surface area contributed by atoms with Crippen LogP contribution in [0.15, 0.2) is 96.2 Å². The number of aliphatic hydroxyl groups excluding tert-OH is 2. The number of nitro benzene ring substituents is 1. The second kappa shape index (κ2) is 29.2. The Morgan fingerprint density at radius 2 is 1.58 bits per heavy atom. The number of ether oxygens (including phenoxy) is 4. The van der Waals surface area contributed by atoms with E-state index in [4.69, 9.17) is 28.9 Å². The van der Waals surface area contributed by atoms with Gasteiger partial charge in [0.25, 0.3) is 5.69 Å². The lowest BCUT2D eigenvalue weighted by Crippen LogP contribution is -2.70. The number of nitrogens with one attached hydrogen (secondary N) is 1. The van der Waals surface area contributed by atoms with Gasteiger partial charge in [-0.15, -0.1) is 6.58 Å². The zero-order chi connectivity index (χ0) is 52.0. The minimum Gasteiger partial charge on any atom is -0.459 e. The summed E-state index contributed by atoms with van der Waals surface area (Å²) in [5.74, 6) is -2.56. The number of non-ortho nitro benzene ring substituents is 1. The molecule has 1 aliphatic heterocycles. The van der Waals surface area contributed by atoms with Crippen LogP contribution in [-0.4, -0.2) is 82.7 Å². The van der Waals surface area contributed by atoms with E-state index in [1.165, 1.54) is 62.8 Å². The van der Waals surface area contributed by atoms with Crippen molar-refractivity contribution in [3.05, 3.63) is 124 Å². The predicted octanol–water partition coefficient (Wildman–Crippen LogP) is 12.2. The molecule has 398 valence electrons. The number of benzene rings is 3. The minimum atomic E-state index is -1.63. The number of aliphatic hydroxyl groups is 2. The highest BCUT2D eigenvalue weighted by molar-refractivity contribution is 6.03. The van der Waals surface area contributed by atoms with E-state index in [2.05, 4.69) is 24.9 Å². The molecule has 0 spiro atoms. The van der Waals surface area contributed by atoms with Gasteiger partial charge in [-0.3, -0.25) is 15.0 Å². The van der Waals surface area contributed by atoms with Crippen molar-refractivity contribution in [3.63, 3.8) is 0 Å². The maximum absolute atomic E-state index is 15.0. The van der Waals surface area contributed by atoms with Crippen LogP contribution in [0, 0.1) is 33.7 Å². The Labute approximate surface area is 430 Å². The quantitative estimate of drug-likeness (QED) is 0.0240. The number of amides is 2. The van der Waals surface area contributed by atoms with Crippen LogP contribution in [0.2, 0.25) is 0 Å². The molecule has 16 heteroatoms. The Morgan fingerprint density at radius 3 is 2.23 bits per heavy atom. The van der Waals surface area contributed by atoms with Crippen molar-refractivity contribution in [2.45, 2.75) is 154 Å². The lowest BCUT2D eigenvalue weighted by molar-refractivity contribution is -0.384. The lowest BCUT2D eigenvalue weighted by Gasteiger charge is -2.59. The molecule has 73 heavy (non-hydrogen) atoms. The zero-order valence-corrected chi connectivity index (χ0v) is 42.9. The summed E-state index contributed by atoms with van der Waals surface area (Å²) in [5.41, 5.74) is 3.29. The summed E-state index contributed by atoms with van der Waals surface area (Å²) in [5, 5.41) is 39.0. The Balaban J connectivity index is 1.48. The number of rotatable bonds is 31. The van der Waals surface area contributed by atoms with Crippen molar-refractivity contribution in [1.29, 1.82) is 0 Å². The van der Waals surface area contributed by atoms with E-state index < -0.39 is 46.6 Å². The van der Waals surface area contributed by atoms with E-state index in [0.717, 1.165) is 36.8 Å². The fourth-order valence-corrected chi connectivity index (χ4v) is 10.8. The third-order valence-electron chi connectivity index (χ3n) is 14.3. The summed E-state index contributed by atoms with van der Waals surface area (Å²) in [6, 6.07) is 16.3. The number of unbranched alkanes of at least 4 members (excludes halogenated alkanes) is 11. The van der Waals surface area contributed by atoms with Crippen molar-refractivity contribution < 1.29 is 52.9 Å². The van der Waals surface area contributed by atoms with E-state index in [0.29, 0.717) is 73.4 Å². The molecule has 1 heterocycles. The van der Waals surface area contributed by atoms with Crippen LogP contribution in [0.5, 0.6) is 11.5 Å². The standard InChI is InChI=1S/C57H77FN4O11/c1-4-7-8-9-10-11-12-13-14-19-35-69-56(66)61(39-41-22-26-44(58)27-23-41)52-38-50(60-71-40-42-24-28-45(29-25-42)62(67)68)48-36-43(20-15-17-32-63)47(21-16-18-33-64)53-49-37-46(72-55(65)59-6-3)30-31-51(49)73-57(52,54(48)53)70-34-5-2/h5,22-31,36-37,43,47,52-54,63-64H,2,4,6-21,32-35,38-40H2,1,3H3,(H,59,65). The first kappa shape index (κ1) is 56.5. The van der Waals surface area contributed by atoms with Crippen molar-refractivity contribution in [2.24, 2.45) is 22.9 Å². The number of halogens is 1. The topological polar surface area (TPSA) is 192 Å². The molecule has 2 aliphatic carbocycles. The Morgan fingerprint density at radius 1 is 0.904 bits per heavy atom. The van der Waals surface area contributed by atoms with Gasteiger partial charge in [-0.05, 0) is 110 Å². The molecule has 3 aromatic carbocycles. The molecule has 0 aromatic heterocycles. The van der Waals surface area contributed by atoms with Crippen LogP contribution in [0.3, 0.4) is 0 Å². The predicted molar refractivity (Wildman–Crippen MR) is 278 cm³/mol. The van der Waals surface area contributed by atoms with E-state index in [9.17, 15) is 29.5 Å². The van der Waals surface area contributed by atoms with Gasteiger partial charge in [0.05, 0.1) is 29.8 Å². The SMILES string of the molecule is C=CCOC12Oc3ccc(OC(=O)NCC)cc3C3C(CCCCO)C(CCCCO)C=C(C(=NOCc4ccc([N+](=O)[O-])cc4)CC1N(Cc1ccc(F)cc1)C(=O)OCCCCCCCCCCCC)C32. The van der Waals surface area contributed by atoms with Crippen molar-refractivity contribution in [1.82, 2.24) is 10.2 Å². The van der Waals surface area contributed by atoms with Gasteiger partial charge in [-0.25, -0.2) is 14.0 Å². The molecule has 6 unspecified atom stereocenters. The largest absolute Gasteiger partial charge is 0.459 e. The number of hydrogen-bond acceptors (Lipinski definition) is 12. The van der Waals surface area contributed by atoms with Crippen LogP contribution in [0.4, 0.5) is 19.7 Å². The molecule has 6 rings (SSSR count). The van der Waals surface area contributed by atoms with Gasteiger partial charge in [0.2, 0.25) is 5.79 Å². The smallest absolute Gasteiger partial charge is 0.412 e. The van der Waals surface area contributed by atoms with Crippen molar-refractivity contribution in [3.8, 4) is 11.5 Å². The molecule has 0 bridgehead atoms. The molecule has 0 radical (unpaired) electrons. The van der Waals surface area contributed by atoms with Crippen LogP contribution < -0.4 is 14.8 Å². The molecule has 1 fully saturated rings. The Hall–Kier alpha value is -5.84. The van der Waals surface area contributed by atoms with Crippen LogP contribution in [0.1, 0.15) is 146 Å². The fraction of sp³-hybridized carbons (Fsp3) is 0.561. The maximum Gasteiger partial charge on any atom is 0.412 e. The normalized spacial score (nSPS) is 21.2. The molecule has 6 atom stereocenters. The molecular weight excluding hydrogens is 936 g/mol. The van der Waals surface area contributed by atoms with Gasteiger partial charge in [0, 0.05) is 56.3 Å². The Kier molecular flexibility index (Phi) is 22.5. The van der Waals surface area contributed by atoms with Gasteiger partial charge in [-0.1, -0.05) is 107 Å². The third-order valence-corrected chi connectivity index (χ3v) is 14.3. The minimum absolute atomic E-state index is 0.00632. The van der Waals surface area contributed by atoms with Gasteiger partial charge < -0.3 is 39.3 Å². The average molecular weight is 1010 g/mol. The molecule has 1 saturated carbocycles. The van der Waals surface area contributed by atoms with Crippen LogP contribution >= 0.6 is 0 Å². The van der Waals surface area contributed by atoms with Crippen molar-refractivity contribution in [2.75, 3.05) is 33.0 Å². The summed E-state index contributed by atoms with van der Waals surface area (Å²) < 4.78 is 41.0. The van der Waals surface area contributed by atoms with Gasteiger partial charge in [0.15, 0.2) is 0 Å². The highest BCUT2D eigenvalue weighted by atomic mass is 19.1. The Bertz CT molecular complexity index is 2290. The monoisotopic (exact) mass is 1010 g/mol. The summed E-state index contributed by atoms with van der Waals surface area (Å²) >= 11 is 0. The second-order valence-corrected chi connectivity index (χ2v) is 19.4. The number of carbonyl (C=O) groups is 2. The maximum atomic E-state index is 15.0. The average Bonchev–Trinajstić information content (AvgIpc) is 3.38. The number of oxime groups is 1. The van der Waals surface area contributed by atoms with Gasteiger partial charge in [-0.2, -0.15) is 0 Å². The molecule has 3 N–H and O–H groups in total. The number of nitro groups is 1. The first-order chi connectivity index (χ1) is 35.6. The molecule has 15 nitrogen and oxygen atoms in total. The molecule has 0 saturated heterocycles. The second-order valence-electron chi connectivity index (χ2n) is 19.4. The number of fused-ring (bicyclic) bond motifs is 2. The van der Waals surface area contributed by atoms with Crippen LogP contribution in [-0.2, 0) is 27.5 Å². The molecule has 3 aliphatic rings. The first-order valence-corrected chi connectivity index (χ1v) is 26.6. The third kappa shape index (κ3) is 15.4. The number of carbonyl (C=O) groups excluding carboxylic acids is 2. The van der Waals surface area contributed by atoms with Crippen LogP contribution in [0.25, 0.3) is 0 Å². The van der Waals surface area contributed by atoms with Gasteiger partial charge >= 0.3 is 12.2 Å². The van der Waals surface area contributed by atoms with E-state index in [1.807, 2.05) is 6.07 Å². The number of hydrogen-bond donors (Lipinski definition) is 3.